The summed E-state index contributed by atoms with van der Waals surface area (Å²) in [7, 11) is 3.59. The Morgan fingerprint density at radius 2 is 2.05 bits per heavy atom. The molecule has 2 rings (SSSR count). The Labute approximate surface area is 121 Å². The standard InChI is InChI=1S/C14H18BrN3O/c1-8(2)14-17-12(13(16)18(14)3)9-5-6-11(19-4)10(15)7-9/h5-8H,16H2,1-4H3. The van der Waals surface area contributed by atoms with Crippen molar-refractivity contribution in [3.63, 3.8) is 0 Å². The summed E-state index contributed by atoms with van der Waals surface area (Å²) in [4.78, 5) is 4.65. The van der Waals surface area contributed by atoms with E-state index in [0.717, 1.165) is 27.3 Å². The summed E-state index contributed by atoms with van der Waals surface area (Å²) in [5.74, 6) is 2.80. The first kappa shape index (κ1) is 13.9. The van der Waals surface area contributed by atoms with Gasteiger partial charge in [-0.1, -0.05) is 13.8 Å². The number of nitrogen functional groups attached to an aromatic ring is 1. The molecule has 0 atom stereocenters. The van der Waals surface area contributed by atoms with E-state index in [0.29, 0.717) is 11.7 Å². The van der Waals surface area contributed by atoms with E-state index in [1.165, 1.54) is 0 Å². The number of nitrogens with zero attached hydrogens (tertiary/aromatic N) is 2. The molecule has 0 amide bonds. The minimum absolute atomic E-state index is 0.336. The van der Waals surface area contributed by atoms with Gasteiger partial charge in [-0.25, -0.2) is 4.98 Å². The quantitative estimate of drug-likeness (QED) is 0.939. The van der Waals surface area contributed by atoms with Gasteiger partial charge < -0.3 is 15.0 Å². The molecule has 0 aliphatic heterocycles. The van der Waals surface area contributed by atoms with Gasteiger partial charge in [-0.05, 0) is 34.1 Å². The number of rotatable bonds is 3. The highest BCUT2D eigenvalue weighted by molar-refractivity contribution is 9.10. The molecule has 102 valence electrons. The van der Waals surface area contributed by atoms with Crippen molar-refractivity contribution in [2.24, 2.45) is 7.05 Å². The summed E-state index contributed by atoms with van der Waals surface area (Å²) >= 11 is 3.48. The molecule has 1 heterocycles. The number of nitrogens with two attached hydrogens (primary N) is 1. The maximum absolute atomic E-state index is 6.15. The molecule has 0 aliphatic carbocycles. The fraction of sp³-hybridized carbons (Fsp3) is 0.357. The Bertz CT molecular complexity index is 605. The molecule has 0 fully saturated rings. The molecule has 2 aromatic rings. The third-order valence-corrected chi connectivity index (χ3v) is 3.74. The Kier molecular flexibility index (Phi) is 3.85. The van der Waals surface area contributed by atoms with Gasteiger partial charge in [0.2, 0.25) is 0 Å². The fourth-order valence-corrected chi connectivity index (χ4v) is 2.61. The Hall–Kier alpha value is -1.49. The maximum atomic E-state index is 6.15. The Morgan fingerprint density at radius 3 is 2.53 bits per heavy atom. The lowest BCUT2D eigenvalue weighted by Crippen LogP contribution is -2.02. The van der Waals surface area contributed by atoms with Gasteiger partial charge >= 0.3 is 0 Å². The summed E-state index contributed by atoms with van der Waals surface area (Å²) in [6, 6.07) is 5.84. The predicted octanol–water partition coefficient (Wildman–Crippen LogP) is 3.56. The van der Waals surface area contributed by atoms with Gasteiger partial charge in [0, 0.05) is 18.5 Å². The highest BCUT2D eigenvalue weighted by Crippen LogP contribution is 2.33. The van der Waals surface area contributed by atoms with Crippen molar-refractivity contribution >= 4 is 21.7 Å². The van der Waals surface area contributed by atoms with E-state index in [-0.39, 0.29) is 0 Å². The van der Waals surface area contributed by atoms with Crippen LogP contribution in [0.4, 0.5) is 5.82 Å². The minimum Gasteiger partial charge on any atom is -0.496 e. The number of halogens is 1. The number of benzene rings is 1. The molecule has 0 spiro atoms. The number of aromatic nitrogens is 2. The van der Waals surface area contributed by atoms with Crippen molar-refractivity contribution < 1.29 is 4.74 Å². The molecule has 0 unspecified atom stereocenters. The molecule has 4 nitrogen and oxygen atoms in total. The smallest absolute Gasteiger partial charge is 0.133 e. The third kappa shape index (κ3) is 2.47. The largest absolute Gasteiger partial charge is 0.496 e. The number of anilines is 1. The van der Waals surface area contributed by atoms with Crippen LogP contribution < -0.4 is 10.5 Å². The highest BCUT2D eigenvalue weighted by atomic mass is 79.9. The second-order valence-corrected chi connectivity index (χ2v) is 5.62. The Balaban J connectivity index is 2.53. The van der Waals surface area contributed by atoms with E-state index >= 15 is 0 Å². The van der Waals surface area contributed by atoms with Crippen LogP contribution in [0.1, 0.15) is 25.6 Å². The van der Waals surface area contributed by atoms with Crippen molar-refractivity contribution in [3.8, 4) is 17.0 Å². The van der Waals surface area contributed by atoms with Crippen LogP contribution in [-0.4, -0.2) is 16.7 Å². The zero-order valence-electron chi connectivity index (χ0n) is 11.6. The SMILES string of the molecule is COc1ccc(-c2nc(C(C)C)n(C)c2N)cc1Br. The van der Waals surface area contributed by atoms with Crippen LogP contribution in [0.3, 0.4) is 0 Å². The number of methoxy groups -OCH3 is 1. The summed E-state index contributed by atoms with van der Waals surface area (Å²) in [6.45, 7) is 4.21. The number of imidazole rings is 1. The molecule has 0 bridgehead atoms. The molecule has 1 aromatic carbocycles. The van der Waals surface area contributed by atoms with Crippen molar-refractivity contribution in [3.05, 3.63) is 28.5 Å². The third-order valence-electron chi connectivity index (χ3n) is 3.12. The number of hydrogen-bond donors (Lipinski definition) is 1. The lowest BCUT2D eigenvalue weighted by molar-refractivity contribution is 0.412. The molecule has 5 heteroatoms. The second-order valence-electron chi connectivity index (χ2n) is 4.77. The van der Waals surface area contributed by atoms with E-state index in [9.17, 15) is 0 Å². The molecule has 0 radical (unpaired) electrons. The minimum atomic E-state index is 0.336. The molecule has 0 saturated carbocycles. The molecule has 19 heavy (non-hydrogen) atoms. The first-order valence-corrected chi connectivity index (χ1v) is 6.91. The summed E-state index contributed by atoms with van der Waals surface area (Å²) in [5.41, 5.74) is 7.94. The van der Waals surface area contributed by atoms with Gasteiger partial charge in [-0.3, -0.25) is 0 Å². The van der Waals surface area contributed by atoms with Gasteiger partial charge in [0.15, 0.2) is 0 Å². The van der Waals surface area contributed by atoms with Gasteiger partial charge in [0.1, 0.15) is 23.1 Å². The molecule has 0 saturated heterocycles. The Morgan fingerprint density at radius 1 is 1.37 bits per heavy atom. The molecular weight excluding hydrogens is 306 g/mol. The van der Waals surface area contributed by atoms with Crippen LogP contribution in [0.2, 0.25) is 0 Å². The van der Waals surface area contributed by atoms with Crippen LogP contribution in [-0.2, 0) is 7.05 Å². The van der Waals surface area contributed by atoms with Gasteiger partial charge in [-0.2, -0.15) is 0 Å². The van der Waals surface area contributed by atoms with E-state index in [1.807, 2.05) is 29.8 Å². The summed E-state index contributed by atoms with van der Waals surface area (Å²) < 4.78 is 8.06. The first-order chi connectivity index (χ1) is 8.95. The highest BCUT2D eigenvalue weighted by Gasteiger charge is 2.16. The predicted molar refractivity (Wildman–Crippen MR) is 81.4 cm³/mol. The summed E-state index contributed by atoms with van der Waals surface area (Å²) in [6.07, 6.45) is 0. The first-order valence-electron chi connectivity index (χ1n) is 6.11. The van der Waals surface area contributed by atoms with Crippen molar-refractivity contribution in [2.75, 3.05) is 12.8 Å². The van der Waals surface area contributed by atoms with Crippen LogP contribution in [0.5, 0.6) is 5.75 Å². The molecule has 0 aliphatic rings. The average molecular weight is 324 g/mol. The zero-order chi connectivity index (χ0) is 14.2. The second kappa shape index (κ2) is 5.25. The maximum Gasteiger partial charge on any atom is 0.133 e. The van der Waals surface area contributed by atoms with Crippen molar-refractivity contribution in [1.29, 1.82) is 0 Å². The number of ether oxygens (including phenoxy) is 1. The van der Waals surface area contributed by atoms with E-state index in [2.05, 4.69) is 34.8 Å². The molecule has 1 aromatic heterocycles. The normalized spacial score (nSPS) is 11.1. The van der Waals surface area contributed by atoms with E-state index in [1.54, 1.807) is 7.11 Å². The van der Waals surface area contributed by atoms with E-state index < -0.39 is 0 Å². The van der Waals surface area contributed by atoms with Crippen LogP contribution in [0.25, 0.3) is 11.3 Å². The number of hydrogen-bond acceptors (Lipinski definition) is 3. The fourth-order valence-electron chi connectivity index (χ4n) is 2.07. The zero-order valence-corrected chi connectivity index (χ0v) is 13.2. The molecule has 2 N–H and O–H groups in total. The topological polar surface area (TPSA) is 53.1 Å². The van der Waals surface area contributed by atoms with Gasteiger partial charge in [0.25, 0.3) is 0 Å². The van der Waals surface area contributed by atoms with Crippen LogP contribution in [0.15, 0.2) is 22.7 Å². The monoisotopic (exact) mass is 323 g/mol. The lowest BCUT2D eigenvalue weighted by atomic mass is 10.1. The summed E-state index contributed by atoms with van der Waals surface area (Å²) in [5, 5.41) is 0. The van der Waals surface area contributed by atoms with Gasteiger partial charge in [-0.15, -0.1) is 0 Å². The van der Waals surface area contributed by atoms with Crippen LogP contribution in [0, 0.1) is 0 Å². The van der Waals surface area contributed by atoms with E-state index in [4.69, 9.17) is 10.5 Å². The lowest BCUT2D eigenvalue weighted by Gasteiger charge is -2.05. The van der Waals surface area contributed by atoms with Crippen LogP contribution >= 0.6 is 15.9 Å². The van der Waals surface area contributed by atoms with Gasteiger partial charge in [0.05, 0.1) is 11.6 Å². The van der Waals surface area contributed by atoms with Crippen molar-refractivity contribution in [1.82, 2.24) is 9.55 Å². The van der Waals surface area contributed by atoms with Crippen molar-refractivity contribution in [2.45, 2.75) is 19.8 Å². The molecular formula is C14H18BrN3O. The average Bonchev–Trinajstić information content (AvgIpc) is 2.66.